The highest BCUT2D eigenvalue weighted by molar-refractivity contribution is 5.97. The van der Waals surface area contributed by atoms with Crippen LogP contribution in [0.3, 0.4) is 0 Å². The van der Waals surface area contributed by atoms with Crippen LogP contribution in [0.5, 0.6) is 5.75 Å². The molecule has 0 spiro atoms. The molecule has 18 heavy (non-hydrogen) atoms. The van der Waals surface area contributed by atoms with Crippen LogP contribution in [0.25, 0.3) is 0 Å². The van der Waals surface area contributed by atoms with Gasteiger partial charge >= 0.3 is 0 Å². The Hall–Kier alpha value is -1.55. The monoisotopic (exact) mass is 248 g/mol. The zero-order valence-corrected chi connectivity index (χ0v) is 11.0. The first-order chi connectivity index (χ1) is 8.61. The first-order valence-electron chi connectivity index (χ1n) is 6.38. The summed E-state index contributed by atoms with van der Waals surface area (Å²) in [5.74, 6) is 1.37. The van der Waals surface area contributed by atoms with Crippen molar-refractivity contribution in [1.82, 2.24) is 0 Å². The highest BCUT2D eigenvalue weighted by Gasteiger charge is 2.25. The molecule has 1 aliphatic rings. The van der Waals surface area contributed by atoms with Gasteiger partial charge in [0, 0.05) is 13.1 Å². The van der Waals surface area contributed by atoms with Crippen molar-refractivity contribution in [2.75, 3.05) is 18.1 Å². The fourth-order valence-electron chi connectivity index (χ4n) is 2.01. The Morgan fingerprint density at radius 3 is 2.89 bits per heavy atom. The third-order valence-corrected chi connectivity index (χ3v) is 3.13. The number of hydrogen-bond acceptors (Lipinski definition) is 3. The molecule has 0 aliphatic carbocycles. The van der Waals surface area contributed by atoms with E-state index < -0.39 is 0 Å². The standard InChI is InChI=1S/C14H20N2O2/c1-10(2)5-6-16-12-7-11(8-15)3-4-13(12)18-9-14(16)17/h3-4,7,10H,5-6,8-9,15H2,1-2H3. The first kappa shape index (κ1) is 12.9. The molecular weight excluding hydrogens is 228 g/mol. The van der Waals surface area contributed by atoms with Crippen LogP contribution in [-0.2, 0) is 11.3 Å². The molecule has 1 aromatic rings. The molecular formula is C14H20N2O2. The highest BCUT2D eigenvalue weighted by atomic mass is 16.5. The van der Waals surface area contributed by atoms with E-state index in [1.54, 1.807) is 0 Å². The summed E-state index contributed by atoms with van der Waals surface area (Å²) in [6.45, 7) is 5.65. The lowest BCUT2D eigenvalue weighted by Crippen LogP contribution is -2.39. The fourth-order valence-corrected chi connectivity index (χ4v) is 2.01. The smallest absolute Gasteiger partial charge is 0.265 e. The van der Waals surface area contributed by atoms with Crippen molar-refractivity contribution in [3.05, 3.63) is 23.8 Å². The van der Waals surface area contributed by atoms with Crippen LogP contribution in [-0.4, -0.2) is 19.1 Å². The minimum Gasteiger partial charge on any atom is -0.482 e. The van der Waals surface area contributed by atoms with Crippen LogP contribution in [0.1, 0.15) is 25.8 Å². The van der Waals surface area contributed by atoms with Crippen LogP contribution in [0.2, 0.25) is 0 Å². The Morgan fingerprint density at radius 2 is 2.22 bits per heavy atom. The van der Waals surface area contributed by atoms with Crippen LogP contribution >= 0.6 is 0 Å². The number of fused-ring (bicyclic) bond motifs is 1. The summed E-state index contributed by atoms with van der Waals surface area (Å²) in [6.07, 6.45) is 0.984. The van der Waals surface area contributed by atoms with E-state index >= 15 is 0 Å². The van der Waals surface area contributed by atoms with E-state index in [-0.39, 0.29) is 12.5 Å². The van der Waals surface area contributed by atoms with Crippen molar-refractivity contribution in [3.8, 4) is 5.75 Å². The summed E-state index contributed by atoms with van der Waals surface area (Å²) >= 11 is 0. The highest BCUT2D eigenvalue weighted by Crippen LogP contribution is 2.33. The Morgan fingerprint density at radius 1 is 1.44 bits per heavy atom. The van der Waals surface area contributed by atoms with Crippen LogP contribution in [0.4, 0.5) is 5.69 Å². The molecule has 0 radical (unpaired) electrons. The molecule has 2 rings (SSSR count). The number of amides is 1. The quantitative estimate of drug-likeness (QED) is 0.885. The number of rotatable bonds is 4. The van der Waals surface area contributed by atoms with E-state index in [4.69, 9.17) is 10.5 Å². The number of anilines is 1. The predicted molar refractivity (Wildman–Crippen MR) is 71.6 cm³/mol. The molecule has 1 aromatic carbocycles. The summed E-state index contributed by atoms with van der Waals surface area (Å²) in [4.78, 5) is 13.8. The average molecular weight is 248 g/mol. The second-order valence-electron chi connectivity index (χ2n) is 5.02. The van der Waals surface area contributed by atoms with E-state index in [1.807, 2.05) is 23.1 Å². The maximum Gasteiger partial charge on any atom is 0.265 e. The Kier molecular flexibility index (Phi) is 3.87. The summed E-state index contributed by atoms with van der Waals surface area (Å²) in [5.41, 5.74) is 7.51. The van der Waals surface area contributed by atoms with E-state index in [0.717, 1.165) is 30.0 Å². The van der Waals surface area contributed by atoms with Crippen molar-refractivity contribution in [2.24, 2.45) is 11.7 Å². The largest absolute Gasteiger partial charge is 0.482 e. The predicted octanol–water partition coefficient (Wildman–Crippen LogP) is 1.92. The number of nitrogens with two attached hydrogens (primary N) is 1. The lowest BCUT2D eigenvalue weighted by Gasteiger charge is -2.30. The van der Waals surface area contributed by atoms with Crippen molar-refractivity contribution < 1.29 is 9.53 Å². The van der Waals surface area contributed by atoms with Gasteiger partial charge in [0.1, 0.15) is 5.75 Å². The van der Waals surface area contributed by atoms with Gasteiger partial charge in [-0.1, -0.05) is 19.9 Å². The van der Waals surface area contributed by atoms with Crippen LogP contribution < -0.4 is 15.4 Å². The molecule has 1 heterocycles. The topological polar surface area (TPSA) is 55.6 Å². The van der Waals surface area contributed by atoms with Gasteiger partial charge in [-0.3, -0.25) is 4.79 Å². The normalized spacial score (nSPS) is 14.7. The average Bonchev–Trinajstić information content (AvgIpc) is 2.36. The van der Waals surface area contributed by atoms with E-state index in [1.165, 1.54) is 0 Å². The molecule has 4 nitrogen and oxygen atoms in total. The lowest BCUT2D eigenvalue weighted by molar-refractivity contribution is -0.121. The van der Waals surface area contributed by atoms with Crippen molar-refractivity contribution in [1.29, 1.82) is 0 Å². The molecule has 0 saturated heterocycles. The van der Waals surface area contributed by atoms with E-state index in [2.05, 4.69) is 13.8 Å². The molecule has 1 aliphatic heterocycles. The Bertz CT molecular complexity index is 443. The van der Waals surface area contributed by atoms with Gasteiger partial charge in [0.2, 0.25) is 0 Å². The third kappa shape index (κ3) is 2.64. The molecule has 0 bridgehead atoms. The van der Waals surface area contributed by atoms with Crippen molar-refractivity contribution in [2.45, 2.75) is 26.8 Å². The van der Waals surface area contributed by atoms with Gasteiger partial charge < -0.3 is 15.4 Å². The third-order valence-electron chi connectivity index (χ3n) is 3.13. The van der Waals surface area contributed by atoms with Crippen LogP contribution in [0.15, 0.2) is 18.2 Å². The first-order valence-corrected chi connectivity index (χ1v) is 6.38. The lowest BCUT2D eigenvalue weighted by atomic mass is 10.1. The summed E-state index contributed by atoms with van der Waals surface area (Å²) in [7, 11) is 0. The molecule has 0 aromatic heterocycles. The second kappa shape index (κ2) is 5.40. The van der Waals surface area contributed by atoms with Gasteiger partial charge in [0.15, 0.2) is 6.61 Å². The van der Waals surface area contributed by atoms with Gasteiger partial charge in [-0.15, -0.1) is 0 Å². The van der Waals surface area contributed by atoms with Gasteiger partial charge in [-0.25, -0.2) is 0 Å². The number of carbonyl (C=O) groups excluding carboxylic acids is 1. The zero-order chi connectivity index (χ0) is 13.1. The maximum atomic E-state index is 11.9. The van der Waals surface area contributed by atoms with Crippen molar-refractivity contribution in [3.63, 3.8) is 0 Å². The fraction of sp³-hybridized carbons (Fsp3) is 0.500. The Balaban J connectivity index is 2.27. The molecule has 0 saturated carbocycles. The van der Waals surface area contributed by atoms with Gasteiger partial charge in [0.05, 0.1) is 5.69 Å². The van der Waals surface area contributed by atoms with E-state index in [9.17, 15) is 4.79 Å². The molecule has 0 unspecified atom stereocenters. The molecule has 2 N–H and O–H groups in total. The van der Waals surface area contributed by atoms with Gasteiger partial charge in [-0.05, 0) is 30.0 Å². The van der Waals surface area contributed by atoms with Crippen molar-refractivity contribution >= 4 is 11.6 Å². The maximum absolute atomic E-state index is 11.9. The number of ether oxygens (including phenoxy) is 1. The van der Waals surface area contributed by atoms with Crippen LogP contribution in [0, 0.1) is 5.92 Å². The second-order valence-corrected chi connectivity index (χ2v) is 5.02. The number of nitrogens with zero attached hydrogens (tertiary/aromatic N) is 1. The van der Waals surface area contributed by atoms with Gasteiger partial charge in [-0.2, -0.15) is 0 Å². The minimum absolute atomic E-state index is 0.0253. The molecule has 4 heteroatoms. The molecule has 98 valence electrons. The molecule has 0 atom stereocenters. The van der Waals surface area contributed by atoms with E-state index in [0.29, 0.717) is 12.5 Å². The summed E-state index contributed by atoms with van der Waals surface area (Å²) < 4.78 is 5.44. The molecule has 0 fully saturated rings. The number of benzene rings is 1. The Labute approximate surface area is 108 Å². The van der Waals surface area contributed by atoms with Gasteiger partial charge in [0.25, 0.3) is 5.91 Å². The number of carbonyl (C=O) groups is 1. The SMILES string of the molecule is CC(C)CCN1C(=O)COc2ccc(CN)cc21. The number of hydrogen-bond donors (Lipinski definition) is 1. The summed E-state index contributed by atoms with van der Waals surface area (Å²) in [5, 5.41) is 0. The minimum atomic E-state index is 0.0253. The summed E-state index contributed by atoms with van der Waals surface area (Å²) in [6, 6.07) is 5.79. The zero-order valence-electron chi connectivity index (χ0n) is 11.0. The molecule has 1 amide bonds.